The monoisotopic (exact) mass is 248 g/mol. The molecule has 4 heteroatoms. The van der Waals surface area contributed by atoms with E-state index >= 15 is 0 Å². The number of benzene rings is 1. The molecule has 1 N–H and O–H groups in total. The van der Waals surface area contributed by atoms with E-state index in [1.165, 1.54) is 5.01 Å². The van der Waals surface area contributed by atoms with Crippen molar-refractivity contribution in [3.05, 3.63) is 35.4 Å². The number of carbonyl (C=O) groups excluding carboxylic acids is 1. The summed E-state index contributed by atoms with van der Waals surface area (Å²) in [5.74, 6) is -0.130. The van der Waals surface area contributed by atoms with Crippen LogP contribution >= 0.6 is 0 Å². The summed E-state index contributed by atoms with van der Waals surface area (Å²) in [6.07, 6.45) is 2.42. The molecule has 1 aromatic rings. The van der Waals surface area contributed by atoms with E-state index in [4.69, 9.17) is 0 Å². The number of amides is 1. The van der Waals surface area contributed by atoms with Gasteiger partial charge in [-0.2, -0.15) is 0 Å². The quantitative estimate of drug-likeness (QED) is 0.885. The van der Waals surface area contributed by atoms with Crippen molar-refractivity contribution in [3.8, 4) is 0 Å². The first kappa shape index (κ1) is 13.1. The van der Waals surface area contributed by atoms with E-state index in [2.05, 4.69) is 6.92 Å². The number of hydrogen-bond donors (Lipinski definition) is 1. The molecule has 0 spiro atoms. The van der Waals surface area contributed by atoms with Crippen LogP contribution in [0.4, 0.5) is 0 Å². The Morgan fingerprint density at radius 1 is 1.33 bits per heavy atom. The van der Waals surface area contributed by atoms with E-state index in [1.807, 2.05) is 18.2 Å². The summed E-state index contributed by atoms with van der Waals surface area (Å²) in [5, 5.41) is 14.1. The van der Waals surface area contributed by atoms with E-state index in [-0.39, 0.29) is 5.91 Å². The van der Waals surface area contributed by atoms with Crippen LogP contribution in [0.2, 0.25) is 0 Å². The normalized spacial score (nSPS) is 22.7. The van der Waals surface area contributed by atoms with Gasteiger partial charge in [0.1, 0.15) is 0 Å². The smallest absolute Gasteiger partial charge is 0.271 e. The van der Waals surface area contributed by atoms with Gasteiger partial charge in [0, 0.05) is 31.6 Å². The maximum absolute atomic E-state index is 12.3. The van der Waals surface area contributed by atoms with Crippen LogP contribution in [-0.4, -0.2) is 35.1 Å². The number of fused-ring (bicyclic) bond motifs is 1. The Bertz CT molecular complexity index is 459. The van der Waals surface area contributed by atoms with Crippen molar-refractivity contribution in [1.29, 1.82) is 0 Å². The number of nitrogens with zero attached hydrogens (tertiary/aromatic N) is 2. The molecule has 18 heavy (non-hydrogen) atoms. The molecule has 0 radical (unpaired) electrons. The highest BCUT2D eigenvalue weighted by Crippen LogP contribution is 2.40. The number of aliphatic hydroxyl groups is 1. The van der Waals surface area contributed by atoms with Gasteiger partial charge in [-0.15, -0.1) is 0 Å². The Hall–Kier alpha value is -1.39. The second-order valence-electron chi connectivity index (χ2n) is 4.93. The van der Waals surface area contributed by atoms with E-state index in [1.54, 1.807) is 25.2 Å². The van der Waals surface area contributed by atoms with E-state index in [9.17, 15) is 9.90 Å². The molecule has 2 rings (SSSR count). The summed E-state index contributed by atoms with van der Waals surface area (Å²) in [6, 6.07) is 7.31. The van der Waals surface area contributed by atoms with Crippen LogP contribution in [0.25, 0.3) is 0 Å². The first-order chi connectivity index (χ1) is 8.52. The number of unbranched alkanes of at least 4 members (excludes halogenated alkanes) is 1. The maximum atomic E-state index is 12.3. The lowest BCUT2D eigenvalue weighted by Gasteiger charge is -2.38. The van der Waals surface area contributed by atoms with Crippen molar-refractivity contribution >= 4 is 5.91 Å². The molecule has 4 nitrogen and oxygen atoms in total. The Labute approximate surface area is 108 Å². The van der Waals surface area contributed by atoms with Crippen LogP contribution < -0.4 is 0 Å². The van der Waals surface area contributed by atoms with E-state index in [0.717, 1.165) is 18.4 Å². The highest BCUT2D eigenvalue weighted by Gasteiger charge is 2.49. The van der Waals surface area contributed by atoms with Gasteiger partial charge in [-0.05, 0) is 12.5 Å². The molecule has 0 bridgehead atoms. The number of hydrazine groups is 1. The van der Waals surface area contributed by atoms with Crippen molar-refractivity contribution in [3.63, 3.8) is 0 Å². The van der Waals surface area contributed by atoms with E-state index < -0.39 is 5.72 Å². The average Bonchev–Trinajstić information content (AvgIpc) is 2.57. The minimum Gasteiger partial charge on any atom is -0.366 e. The van der Waals surface area contributed by atoms with Gasteiger partial charge in [-0.25, -0.2) is 10.0 Å². The van der Waals surface area contributed by atoms with Gasteiger partial charge >= 0.3 is 0 Å². The topological polar surface area (TPSA) is 43.8 Å². The molecule has 0 fully saturated rings. The molecule has 0 saturated carbocycles. The molecule has 0 aliphatic carbocycles. The predicted molar refractivity (Wildman–Crippen MR) is 69.7 cm³/mol. The minimum atomic E-state index is -1.20. The van der Waals surface area contributed by atoms with Crippen molar-refractivity contribution in [2.45, 2.75) is 31.9 Å². The van der Waals surface area contributed by atoms with Crippen LogP contribution in [0.1, 0.15) is 42.1 Å². The zero-order chi connectivity index (χ0) is 13.3. The molecule has 0 saturated heterocycles. The second-order valence-corrected chi connectivity index (χ2v) is 4.93. The summed E-state index contributed by atoms with van der Waals surface area (Å²) < 4.78 is 0. The fourth-order valence-corrected chi connectivity index (χ4v) is 2.59. The first-order valence-electron chi connectivity index (χ1n) is 6.36. The van der Waals surface area contributed by atoms with Crippen molar-refractivity contribution in [2.75, 3.05) is 14.1 Å². The van der Waals surface area contributed by atoms with Crippen LogP contribution in [0.5, 0.6) is 0 Å². The molecule has 1 aromatic carbocycles. The molecule has 1 aliphatic rings. The molecular formula is C14H20N2O2. The van der Waals surface area contributed by atoms with Crippen LogP contribution in [-0.2, 0) is 5.72 Å². The van der Waals surface area contributed by atoms with Crippen LogP contribution in [0, 0.1) is 0 Å². The summed E-state index contributed by atoms with van der Waals surface area (Å²) in [5.41, 5.74) is 0.120. The molecule has 1 unspecified atom stereocenters. The van der Waals surface area contributed by atoms with Crippen LogP contribution in [0.15, 0.2) is 24.3 Å². The highest BCUT2D eigenvalue weighted by molar-refractivity contribution is 5.99. The maximum Gasteiger partial charge on any atom is 0.271 e. The Kier molecular flexibility index (Phi) is 3.41. The van der Waals surface area contributed by atoms with Crippen LogP contribution in [0.3, 0.4) is 0 Å². The van der Waals surface area contributed by atoms with Gasteiger partial charge < -0.3 is 5.11 Å². The summed E-state index contributed by atoms with van der Waals surface area (Å²) in [4.78, 5) is 12.3. The summed E-state index contributed by atoms with van der Waals surface area (Å²) >= 11 is 0. The van der Waals surface area contributed by atoms with Gasteiger partial charge in [0.15, 0.2) is 5.72 Å². The Morgan fingerprint density at radius 2 is 2.00 bits per heavy atom. The highest BCUT2D eigenvalue weighted by atomic mass is 16.3. The Morgan fingerprint density at radius 3 is 2.61 bits per heavy atom. The third kappa shape index (κ3) is 1.82. The molecule has 1 atom stereocenters. The average molecular weight is 248 g/mol. The zero-order valence-corrected chi connectivity index (χ0v) is 11.2. The lowest BCUT2D eigenvalue weighted by atomic mass is 9.96. The molecule has 1 aliphatic heterocycles. The van der Waals surface area contributed by atoms with Gasteiger partial charge in [-0.1, -0.05) is 31.5 Å². The lowest BCUT2D eigenvalue weighted by molar-refractivity contribution is -0.168. The third-order valence-electron chi connectivity index (χ3n) is 3.41. The van der Waals surface area contributed by atoms with Crippen molar-refractivity contribution in [1.82, 2.24) is 10.0 Å². The van der Waals surface area contributed by atoms with Gasteiger partial charge in [0.2, 0.25) is 0 Å². The van der Waals surface area contributed by atoms with Gasteiger partial charge in [0.25, 0.3) is 5.91 Å². The van der Waals surface area contributed by atoms with Gasteiger partial charge in [-0.3, -0.25) is 4.79 Å². The third-order valence-corrected chi connectivity index (χ3v) is 3.41. The van der Waals surface area contributed by atoms with Crippen molar-refractivity contribution < 1.29 is 9.90 Å². The number of carbonyl (C=O) groups is 1. The molecule has 98 valence electrons. The van der Waals surface area contributed by atoms with Gasteiger partial charge in [0.05, 0.1) is 0 Å². The standard InChI is InChI=1S/C14H20N2O2/c1-4-5-10-14(18)12-9-7-6-8-11(12)13(17)16(14)15(2)3/h6-9,18H,4-5,10H2,1-3H3. The molecule has 1 heterocycles. The summed E-state index contributed by atoms with van der Waals surface area (Å²) in [6.45, 7) is 2.08. The molecular weight excluding hydrogens is 228 g/mol. The first-order valence-corrected chi connectivity index (χ1v) is 6.36. The van der Waals surface area contributed by atoms with Crippen molar-refractivity contribution in [2.24, 2.45) is 0 Å². The number of rotatable bonds is 4. The fraction of sp³-hybridized carbons (Fsp3) is 0.500. The zero-order valence-electron chi connectivity index (χ0n) is 11.2. The molecule has 0 aromatic heterocycles. The van der Waals surface area contributed by atoms with E-state index in [0.29, 0.717) is 12.0 Å². The minimum absolute atomic E-state index is 0.130. The summed E-state index contributed by atoms with van der Waals surface area (Å²) in [7, 11) is 3.56. The molecule has 1 amide bonds. The number of hydrogen-bond acceptors (Lipinski definition) is 3. The Balaban J connectivity index is 2.49. The largest absolute Gasteiger partial charge is 0.366 e. The lowest BCUT2D eigenvalue weighted by Crippen LogP contribution is -2.51. The fourth-order valence-electron chi connectivity index (χ4n) is 2.59. The predicted octanol–water partition coefficient (Wildman–Crippen LogP) is 1.95. The second kappa shape index (κ2) is 4.71. The SMILES string of the molecule is CCCCC1(O)c2ccccc2C(=O)N1N(C)C.